The van der Waals surface area contributed by atoms with Crippen molar-refractivity contribution in [3.63, 3.8) is 0 Å². The van der Waals surface area contributed by atoms with E-state index in [9.17, 15) is 9.59 Å². The van der Waals surface area contributed by atoms with Crippen LogP contribution in [0, 0.1) is 0 Å². The van der Waals surface area contributed by atoms with E-state index in [-0.39, 0.29) is 18.5 Å². The van der Waals surface area contributed by atoms with Crippen molar-refractivity contribution in [1.29, 1.82) is 0 Å². The van der Waals surface area contributed by atoms with Gasteiger partial charge in [0.1, 0.15) is 0 Å². The topological polar surface area (TPSA) is 75.4 Å². The molecule has 1 fully saturated rings. The van der Waals surface area contributed by atoms with E-state index in [1.807, 2.05) is 24.3 Å². The molecule has 20 heavy (non-hydrogen) atoms. The van der Waals surface area contributed by atoms with Gasteiger partial charge in [-0.25, -0.2) is 0 Å². The average molecular weight is 340 g/mol. The highest BCUT2D eigenvalue weighted by atomic mass is 79.9. The van der Waals surface area contributed by atoms with Gasteiger partial charge in [-0.15, -0.1) is 0 Å². The molecule has 3 N–H and O–H groups in total. The standard InChI is InChI=1S/C14H18BrN3O2/c15-11-5-3-10(4-6-11)8-18(9-13(16)19)14(20)12-2-1-7-17-12/h3-6,12,17H,1-2,7-9H2,(H2,16,19)/t12-/m0/s1. The highest BCUT2D eigenvalue weighted by molar-refractivity contribution is 9.10. The Bertz CT molecular complexity index is 484. The smallest absolute Gasteiger partial charge is 0.240 e. The highest BCUT2D eigenvalue weighted by Gasteiger charge is 2.27. The van der Waals surface area contributed by atoms with Crippen molar-refractivity contribution >= 4 is 27.7 Å². The molecular formula is C14H18BrN3O2. The molecule has 0 bridgehead atoms. The van der Waals surface area contributed by atoms with Gasteiger partial charge in [0, 0.05) is 11.0 Å². The van der Waals surface area contributed by atoms with Crippen LogP contribution in [0.5, 0.6) is 0 Å². The summed E-state index contributed by atoms with van der Waals surface area (Å²) in [5.41, 5.74) is 6.22. The number of carbonyl (C=O) groups excluding carboxylic acids is 2. The number of nitrogens with two attached hydrogens (primary N) is 1. The molecule has 0 aromatic heterocycles. The van der Waals surface area contributed by atoms with Crippen LogP contribution >= 0.6 is 15.9 Å². The van der Waals surface area contributed by atoms with Gasteiger partial charge in [-0.2, -0.15) is 0 Å². The molecule has 1 aromatic rings. The molecule has 0 spiro atoms. The molecule has 5 nitrogen and oxygen atoms in total. The predicted octanol–water partition coefficient (Wildman–Crippen LogP) is 1.01. The quantitative estimate of drug-likeness (QED) is 0.840. The molecule has 1 aliphatic heterocycles. The van der Waals surface area contributed by atoms with Crippen molar-refractivity contribution in [1.82, 2.24) is 10.2 Å². The number of carbonyl (C=O) groups is 2. The number of halogens is 1. The summed E-state index contributed by atoms with van der Waals surface area (Å²) in [5.74, 6) is -0.544. The van der Waals surface area contributed by atoms with E-state index in [0.717, 1.165) is 29.4 Å². The lowest BCUT2D eigenvalue weighted by atomic mass is 10.1. The van der Waals surface area contributed by atoms with Crippen LogP contribution in [0.15, 0.2) is 28.7 Å². The Kier molecular flexibility index (Phi) is 5.14. The van der Waals surface area contributed by atoms with E-state index in [1.165, 1.54) is 4.90 Å². The molecule has 1 atom stereocenters. The van der Waals surface area contributed by atoms with Crippen molar-refractivity contribution in [3.05, 3.63) is 34.3 Å². The van der Waals surface area contributed by atoms with Crippen LogP contribution in [-0.2, 0) is 16.1 Å². The molecule has 0 radical (unpaired) electrons. The predicted molar refractivity (Wildman–Crippen MR) is 79.8 cm³/mol. The molecule has 1 heterocycles. The van der Waals surface area contributed by atoms with E-state index in [1.54, 1.807) is 0 Å². The van der Waals surface area contributed by atoms with Crippen molar-refractivity contribution in [3.8, 4) is 0 Å². The Morgan fingerprint density at radius 2 is 2.05 bits per heavy atom. The van der Waals surface area contributed by atoms with Gasteiger partial charge < -0.3 is 16.0 Å². The van der Waals surface area contributed by atoms with Crippen LogP contribution in [0.25, 0.3) is 0 Å². The molecule has 1 saturated heterocycles. The first-order valence-corrected chi connectivity index (χ1v) is 7.40. The van der Waals surface area contributed by atoms with Gasteiger partial charge in [0.15, 0.2) is 0 Å². The molecule has 0 saturated carbocycles. The van der Waals surface area contributed by atoms with Crippen LogP contribution < -0.4 is 11.1 Å². The minimum Gasteiger partial charge on any atom is -0.368 e. The minimum absolute atomic E-state index is 0.0485. The van der Waals surface area contributed by atoms with E-state index < -0.39 is 5.91 Å². The summed E-state index contributed by atoms with van der Waals surface area (Å²) >= 11 is 3.37. The van der Waals surface area contributed by atoms with Crippen molar-refractivity contribution < 1.29 is 9.59 Å². The lowest BCUT2D eigenvalue weighted by molar-refractivity contribution is -0.137. The highest BCUT2D eigenvalue weighted by Crippen LogP contribution is 2.14. The van der Waals surface area contributed by atoms with Gasteiger partial charge in [-0.1, -0.05) is 28.1 Å². The molecule has 1 aromatic carbocycles. The lowest BCUT2D eigenvalue weighted by Crippen LogP contribution is -2.46. The first kappa shape index (κ1) is 15.0. The van der Waals surface area contributed by atoms with Crippen molar-refractivity contribution in [2.24, 2.45) is 5.73 Å². The van der Waals surface area contributed by atoms with E-state index in [0.29, 0.717) is 6.54 Å². The monoisotopic (exact) mass is 339 g/mol. The second kappa shape index (κ2) is 6.85. The fourth-order valence-electron chi connectivity index (χ4n) is 2.33. The minimum atomic E-state index is -0.492. The third-order valence-corrected chi connectivity index (χ3v) is 3.83. The summed E-state index contributed by atoms with van der Waals surface area (Å²) in [4.78, 5) is 25.1. The SMILES string of the molecule is NC(=O)CN(Cc1ccc(Br)cc1)C(=O)[C@@H]1CCCN1. The fraction of sp³-hybridized carbons (Fsp3) is 0.429. The van der Waals surface area contributed by atoms with Crippen LogP contribution in [0.1, 0.15) is 18.4 Å². The van der Waals surface area contributed by atoms with Gasteiger partial charge in [0.05, 0.1) is 12.6 Å². The summed E-state index contributed by atoms with van der Waals surface area (Å²) in [6.07, 6.45) is 1.80. The maximum Gasteiger partial charge on any atom is 0.240 e. The summed E-state index contributed by atoms with van der Waals surface area (Å²) in [5, 5.41) is 3.15. The molecule has 1 aliphatic rings. The van der Waals surface area contributed by atoms with Crippen LogP contribution in [0.2, 0.25) is 0 Å². The lowest BCUT2D eigenvalue weighted by Gasteiger charge is -2.24. The summed E-state index contributed by atoms with van der Waals surface area (Å²) in [6.45, 7) is 1.19. The number of nitrogens with zero attached hydrogens (tertiary/aromatic N) is 1. The third-order valence-electron chi connectivity index (χ3n) is 3.30. The zero-order chi connectivity index (χ0) is 14.5. The van der Waals surface area contributed by atoms with Crippen molar-refractivity contribution in [2.75, 3.05) is 13.1 Å². The molecule has 2 rings (SSSR count). The number of hydrogen-bond donors (Lipinski definition) is 2. The Morgan fingerprint density at radius 1 is 1.35 bits per heavy atom. The maximum absolute atomic E-state index is 12.4. The molecule has 0 aliphatic carbocycles. The van der Waals surface area contributed by atoms with Gasteiger partial charge >= 0.3 is 0 Å². The normalized spacial score (nSPS) is 17.9. The van der Waals surface area contributed by atoms with Gasteiger partial charge in [0.25, 0.3) is 0 Å². The molecular weight excluding hydrogens is 322 g/mol. The maximum atomic E-state index is 12.4. The molecule has 0 unspecified atom stereocenters. The van der Waals surface area contributed by atoms with Crippen LogP contribution in [0.3, 0.4) is 0 Å². The summed E-state index contributed by atoms with van der Waals surface area (Å²) < 4.78 is 0.978. The van der Waals surface area contributed by atoms with Gasteiger partial charge in [0.2, 0.25) is 11.8 Å². The second-order valence-corrected chi connectivity index (χ2v) is 5.85. The van der Waals surface area contributed by atoms with E-state index in [4.69, 9.17) is 5.73 Å². The zero-order valence-corrected chi connectivity index (χ0v) is 12.7. The number of benzene rings is 1. The van der Waals surface area contributed by atoms with E-state index >= 15 is 0 Å². The number of rotatable bonds is 5. The number of primary amides is 1. The van der Waals surface area contributed by atoms with Crippen LogP contribution in [0.4, 0.5) is 0 Å². The Morgan fingerprint density at radius 3 is 2.60 bits per heavy atom. The molecule has 6 heteroatoms. The average Bonchev–Trinajstić information content (AvgIpc) is 2.93. The third kappa shape index (κ3) is 4.05. The first-order valence-electron chi connectivity index (χ1n) is 6.61. The van der Waals surface area contributed by atoms with E-state index in [2.05, 4.69) is 21.2 Å². The van der Waals surface area contributed by atoms with Crippen molar-refractivity contribution in [2.45, 2.75) is 25.4 Å². The van der Waals surface area contributed by atoms with Crippen LogP contribution in [-0.4, -0.2) is 35.8 Å². The number of hydrogen-bond acceptors (Lipinski definition) is 3. The number of amides is 2. The van der Waals surface area contributed by atoms with Gasteiger partial charge in [-0.05, 0) is 37.1 Å². The molecule has 108 valence electrons. The zero-order valence-electron chi connectivity index (χ0n) is 11.1. The Balaban J connectivity index is 2.08. The molecule has 2 amide bonds. The Hall–Kier alpha value is -1.40. The fourth-order valence-corrected chi connectivity index (χ4v) is 2.59. The number of nitrogens with one attached hydrogen (secondary N) is 1. The summed E-state index contributed by atoms with van der Waals surface area (Å²) in [7, 11) is 0. The van der Waals surface area contributed by atoms with Gasteiger partial charge in [-0.3, -0.25) is 9.59 Å². The summed E-state index contributed by atoms with van der Waals surface area (Å²) in [6, 6.07) is 7.48. The first-order chi connectivity index (χ1) is 9.56. The largest absolute Gasteiger partial charge is 0.368 e. The second-order valence-electron chi connectivity index (χ2n) is 4.94. The Labute approximate surface area is 126 Å².